The molecule has 0 N–H and O–H groups in total. The van der Waals surface area contributed by atoms with Gasteiger partial charge in [-0.05, 0) is 24.6 Å². The Hall–Kier alpha value is -2.10. The molecular formula is C13H13NO3. The van der Waals surface area contributed by atoms with Crippen LogP contribution in [0.2, 0.25) is 0 Å². The van der Waals surface area contributed by atoms with Gasteiger partial charge in [0, 0.05) is 12.2 Å². The molecule has 0 saturated heterocycles. The number of methoxy groups -OCH3 is 1. The van der Waals surface area contributed by atoms with E-state index in [1.54, 1.807) is 7.11 Å². The van der Waals surface area contributed by atoms with Crippen molar-refractivity contribution >= 4 is 11.8 Å². The maximum Gasteiger partial charge on any atom is 0.254 e. The van der Waals surface area contributed by atoms with Crippen LogP contribution in [0, 0.1) is 0 Å². The summed E-state index contributed by atoms with van der Waals surface area (Å²) in [4.78, 5) is 24.3. The number of amides is 2. The highest BCUT2D eigenvalue weighted by atomic mass is 16.5. The average Bonchev–Trinajstić information content (AvgIpc) is 2.68. The highest BCUT2D eigenvalue weighted by Crippen LogP contribution is 2.25. The maximum atomic E-state index is 11.5. The van der Waals surface area contributed by atoms with E-state index in [2.05, 4.69) is 0 Å². The summed E-state index contributed by atoms with van der Waals surface area (Å²) >= 11 is 0. The van der Waals surface area contributed by atoms with Crippen molar-refractivity contribution in [3.05, 3.63) is 42.0 Å². The lowest BCUT2D eigenvalue weighted by Gasteiger charge is -2.22. The Balaban J connectivity index is 2.22. The van der Waals surface area contributed by atoms with Crippen molar-refractivity contribution in [1.82, 2.24) is 4.90 Å². The zero-order valence-electron chi connectivity index (χ0n) is 9.71. The van der Waals surface area contributed by atoms with Crippen LogP contribution in [0.4, 0.5) is 0 Å². The van der Waals surface area contributed by atoms with Crippen molar-refractivity contribution in [2.75, 3.05) is 7.11 Å². The molecule has 2 rings (SSSR count). The normalized spacial score (nSPS) is 16.5. The van der Waals surface area contributed by atoms with Gasteiger partial charge in [0.1, 0.15) is 5.75 Å². The summed E-state index contributed by atoms with van der Waals surface area (Å²) in [6.07, 6.45) is 2.59. The number of carbonyl (C=O) groups is 2. The second-order valence-electron chi connectivity index (χ2n) is 3.83. The third-order valence-corrected chi connectivity index (χ3v) is 2.83. The van der Waals surface area contributed by atoms with Crippen LogP contribution in [0.1, 0.15) is 18.5 Å². The quantitative estimate of drug-likeness (QED) is 0.743. The largest absolute Gasteiger partial charge is 0.497 e. The number of rotatable bonds is 3. The Bertz CT molecular complexity index is 458. The zero-order chi connectivity index (χ0) is 12.4. The Kier molecular flexibility index (Phi) is 2.95. The van der Waals surface area contributed by atoms with Gasteiger partial charge in [-0.15, -0.1) is 0 Å². The predicted octanol–water partition coefficient (Wildman–Crippen LogP) is 1.68. The van der Waals surface area contributed by atoms with E-state index >= 15 is 0 Å². The van der Waals surface area contributed by atoms with Crippen molar-refractivity contribution in [2.45, 2.75) is 13.0 Å². The Morgan fingerprint density at radius 2 is 1.59 bits per heavy atom. The minimum atomic E-state index is -0.268. The first-order chi connectivity index (χ1) is 8.13. The van der Waals surface area contributed by atoms with E-state index in [1.165, 1.54) is 17.1 Å². The summed E-state index contributed by atoms with van der Waals surface area (Å²) < 4.78 is 5.06. The third-order valence-electron chi connectivity index (χ3n) is 2.83. The van der Waals surface area contributed by atoms with E-state index in [4.69, 9.17) is 4.74 Å². The Labute approximate surface area is 99.5 Å². The van der Waals surface area contributed by atoms with E-state index in [0.29, 0.717) is 0 Å². The van der Waals surface area contributed by atoms with Crippen LogP contribution in [-0.4, -0.2) is 23.8 Å². The molecule has 1 aromatic rings. The van der Waals surface area contributed by atoms with Gasteiger partial charge in [0.05, 0.1) is 13.2 Å². The lowest BCUT2D eigenvalue weighted by Crippen LogP contribution is -2.32. The van der Waals surface area contributed by atoms with Gasteiger partial charge in [-0.3, -0.25) is 14.5 Å². The fourth-order valence-corrected chi connectivity index (χ4v) is 1.83. The number of ether oxygens (including phenoxy) is 1. The molecule has 0 aromatic heterocycles. The van der Waals surface area contributed by atoms with Crippen LogP contribution < -0.4 is 4.74 Å². The molecule has 0 radical (unpaired) electrons. The van der Waals surface area contributed by atoms with E-state index in [9.17, 15) is 9.59 Å². The molecule has 1 unspecified atom stereocenters. The number of imide groups is 1. The fraction of sp³-hybridized carbons (Fsp3) is 0.231. The fourth-order valence-electron chi connectivity index (χ4n) is 1.83. The lowest BCUT2D eigenvalue weighted by atomic mass is 10.1. The molecular weight excluding hydrogens is 218 g/mol. The smallest absolute Gasteiger partial charge is 0.254 e. The van der Waals surface area contributed by atoms with Crippen LogP contribution in [0.5, 0.6) is 5.75 Å². The molecule has 1 aromatic carbocycles. The van der Waals surface area contributed by atoms with Gasteiger partial charge in [-0.25, -0.2) is 0 Å². The molecule has 0 aliphatic carbocycles. The van der Waals surface area contributed by atoms with Gasteiger partial charge in [-0.1, -0.05) is 12.1 Å². The monoisotopic (exact) mass is 231 g/mol. The van der Waals surface area contributed by atoms with Crippen molar-refractivity contribution in [3.63, 3.8) is 0 Å². The molecule has 0 fully saturated rings. The summed E-state index contributed by atoms with van der Waals surface area (Å²) in [6.45, 7) is 1.82. The van der Waals surface area contributed by atoms with E-state index < -0.39 is 0 Å². The summed E-state index contributed by atoms with van der Waals surface area (Å²) in [5, 5.41) is 0. The molecule has 1 aliphatic heterocycles. The van der Waals surface area contributed by atoms with E-state index in [-0.39, 0.29) is 17.9 Å². The standard InChI is InChI=1S/C13H13NO3/c1-9(14-12(15)7-8-13(14)16)10-3-5-11(17-2)6-4-10/h3-9H,1-2H3. The molecule has 4 heteroatoms. The summed E-state index contributed by atoms with van der Waals surface area (Å²) in [5.74, 6) is 0.217. The van der Waals surface area contributed by atoms with Crippen LogP contribution in [0.25, 0.3) is 0 Å². The van der Waals surface area contributed by atoms with E-state index in [1.807, 2.05) is 31.2 Å². The molecule has 17 heavy (non-hydrogen) atoms. The SMILES string of the molecule is COc1ccc(C(C)N2C(=O)C=CC2=O)cc1. The number of carbonyl (C=O) groups excluding carboxylic acids is 2. The number of benzene rings is 1. The van der Waals surface area contributed by atoms with Gasteiger partial charge in [0.2, 0.25) is 0 Å². The number of hydrogen-bond donors (Lipinski definition) is 0. The van der Waals surface area contributed by atoms with Crippen LogP contribution in [0.3, 0.4) is 0 Å². The summed E-state index contributed by atoms with van der Waals surface area (Å²) in [7, 11) is 1.59. The molecule has 0 spiro atoms. The van der Waals surface area contributed by atoms with Crippen LogP contribution in [0.15, 0.2) is 36.4 Å². The van der Waals surface area contributed by atoms with Crippen LogP contribution in [-0.2, 0) is 9.59 Å². The van der Waals surface area contributed by atoms with Crippen molar-refractivity contribution in [1.29, 1.82) is 0 Å². The molecule has 1 heterocycles. The minimum absolute atomic E-state index is 0.265. The Morgan fingerprint density at radius 3 is 2.06 bits per heavy atom. The average molecular weight is 231 g/mol. The van der Waals surface area contributed by atoms with Gasteiger partial charge in [-0.2, -0.15) is 0 Å². The molecule has 0 saturated carbocycles. The first-order valence-electron chi connectivity index (χ1n) is 5.32. The van der Waals surface area contributed by atoms with E-state index in [0.717, 1.165) is 11.3 Å². The van der Waals surface area contributed by atoms with Crippen LogP contribution >= 0.6 is 0 Å². The second kappa shape index (κ2) is 4.41. The van der Waals surface area contributed by atoms with Crippen molar-refractivity contribution in [3.8, 4) is 5.75 Å². The van der Waals surface area contributed by atoms with Gasteiger partial charge in [0.15, 0.2) is 0 Å². The highest BCUT2D eigenvalue weighted by molar-refractivity contribution is 6.13. The third kappa shape index (κ3) is 2.06. The second-order valence-corrected chi connectivity index (χ2v) is 3.83. The van der Waals surface area contributed by atoms with Gasteiger partial charge >= 0.3 is 0 Å². The maximum absolute atomic E-state index is 11.5. The van der Waals surface area contributed by atoms with Gasteiger partial charge in [0.25, 0.3) is 11.8 Å². The first-order valence-corrected chi connectivity index (χ1v) is 5.32. The minimum Gasteiger partial charge on any atom is -0.497 e. The topological polar surface area (TPSA) is 46.6 Å². The Morgan fingerprint density at radius 1 is 1.06 bits per heavy atom. The zero-order valence-corrected chi connectivity index (χ0v) is 9.71. The number of nitrogens with zero attached hydrogens (tertiary/aromatic N) is 1. The van der Waals surface area contributed by atoms with Crippen molar-refractivity contribution < 1.29 is 14.3 Å². The van der Waals surface area contributed by atoms with Crippen molar-refractivity contribution in [2.24, 2.45) is 0 Å². The highest BCUT2D eigenvalue weighted by Gasteiger charge is 2.29. The molecule has 1 aliphatic rings. The lowest BCUT2D eigenvalue weighted by molar-refractivity contribution is -0.139. The molecule has 1 atom stereocenters. The molecule has 88 valence electrons. The molecule has 0 bridgehead atoms. The predicted molar refractivity (Wildman–Crippen MR) is 62.4 cm³/mol. The first kappa shape index (κ1) is 11.4. The summed E-state index contributed by atoms with van der Waals surface area (Å²) in [6, 6.07) is 7.05. The summed E-state index contributed by atoms with van der Waals surface area (Å²) in [5.41, 5.74) is 0.899. The van der Waals surface area contributed by atoms with Gasteiger partial charge < -0.3 is 4.74 Å². The molecule has 2 amide bonds. The number of hydrogen-bond acceptors (Lipinski definition) is 3. The molecule has 4 nitrogen and oxygen atoms in total.